The van der Waals surface area contributed by atoms with Crippen molar-refractivity contribution in [3.63, 3.8) is 0 Å². The number of rotatable bonds is 2. The van der Waals surface area contributed by atoms with Crippen molar-refractivity contribution in [1.29, 1.82) is 0 Å². The third-order valence-corrected chi connectivity index (χ3v) is 2.41. The van der Waals surface area contributed by atoms with Gasteiger partial charge in [-0.3, -0.25) is 0 Å². The summed E-state index contributed by atoms with van der Waals surface area (Å²) in [6, 6.07) is 2.82. The van der Waals surface area contributed by atoms with Crippen LogP contribution in [0.15, 0.2) is 30.6 Å². The second kappa shape index (κ2) is 4.83. The average molecular weight is 287 g/mol. The smallest absolute Gasteiger partial charge is 0.358 e. The molecule has 0 aliphatic carbocycles. The molecule has 0 saturated carbocycles. The zero-order valence-electron chi connectivity index (χ0n) is 9.56. The van der Waals surface area contributed by atoms with Gasteiger partial charge in [0.25, 0.3) is 0 Å². The molecule has 104 valence electrons. The third kappa shape index (κ3) is 2.71. The molecule has 0 aliphatic heterocycles. The van der Waals surface area contributed by atoms with Crippen molar-refractivity contribution < 1.29 is 22.5 Å². The van der Waals surface area contributed by atoms with Gasteiger partial charge in [-0.1, -0.05) is 0 Å². The summed E-state index contributed by atoms with van der Waals surface area (Å²) in [5.41, 5.74) is -1.39. The molecule has 0 aliphatic rings. The topological polar surface area (TPSA) is 68.9 Å². The maximum absolute atomic E-state index is 13.0. The quantitative estimate of drug-likeness (QED) is 0.368. The molecule has 0 unspecified atom stereocenters. The highest BCUT2D eigenvalue weighted by molar-refractivity contribution is 5.62. The Morgan fingerprint density at radius 3 is 2.25 bits per heavy atom. The SMILES string of the molecule is O=[N+]([O-])c1ccc(-c2cnc(F)c(C(F)(F)F)c2)cn1. The van der Waals surface area contributed by atoms with Crippen molar-refractivity contribution in [2.75, 3.05) is 0 Å². The van der Waals surface area contributed by atoms with Crippen molar-refractivity contribution in [2.45, 2.75) is 6.18 Å². The molecular formula is C11H5F4N3O2. The summed E-state index contributed by atoms with van der Waals surface area (Å²) in [5.74, 6) is -2.07. The van der Waals surface area contributed by atoms with Crippen LogP contribution in [-0.4, -0.2) is 14.9 Å². The lowest BCUT2D eigenvalue weighted by Crippen LogP contribution is -2.09. The fourth-order valence-electron chi connectivity index (χ4n) is 1.47. The predicted molar refractivity (Wildman–Crippen MR) is 59.1 cm³/mol. The molecular weight excluding hydrogens is 282 g/mol. The Balaban J connectivity index is 2.45. The predicted octanol–water partition coefficient (Wildman–Crippen LogP) is 3.21. The fourth-order valence-corrected chi connectivity index (χ4v) is 1.47. The first-order chi connectivity index (χ1) is 9.29. The molecule has 9 heteroatoms. The number of pyridine rings is 2. The van der Waals surface area contributed by atoms with Crippen LogP contribution in [0.25, 0.3) is 11.1 Å². The molecule has 2 aromatic heterocycles. The minimum absolute atomic E-state index is 0.0406. The van der Waals surface area contributed by atoms with Crippen LogP contribution in [0.3, 0.4) is 0 Å². The van der Waals surface area contributed by atoms with Gasteiger partial charge in [0.15, 0.2) is 0 Å². The van der Waals surface area contributed by atoms with E-state index in [0.717, 1.165) is 18.5 Å². The highest BCUT2D eigenvalue weighted by atomic mass is 19.4. The second-order valence-electron chi connectivity index (χ2n) is 3.72. The van der Waals surface area contributed by atoms with Gasteiger partial charge in [0.1, 0.15) is 11.8 Å². The lowest BCUT2D eigenvalue weighted by molar-refractivity contribution is -0.389. The van der Waals surface area contributed by atoms with Crippen LogP contribution in [0.4, 0.5) is 23.4 Å². The van der Waals surface area contributed by atoms with Gasteiger partial charge in [0.2, 0.25) is 5.95 Å². The summed E-state index contributed by atoms with van der Waals surface area (Å²) in [4.78, 5) is 16.2. The van der Waals surface area contributed by atoms with Crippen LogP contribution >= 0.6 is 0 Å². The molecule has 0 atom stereocenters. The van der Waals surface area contributed by atoms with Crippen molar-refractivity contribution >= 4 is 5.82 Å². The summed E-state index contributed by atoms with van der Waals surface area (Å²) in [6.45, 7) is 0. The van der Waals surface area contributed by atoms with Crippen LogP contribution < -0.4 is 0 Å². The second-order valence-corrected chi connectivity index (χ2v) is 3.72. The summed E-state index contributed by atoms with van der Waals surface area (Å²) in [6.07, 6.45) is -2.96. The number of nitro groups is 1. The molecule has 0 bridgehead atoms. The first-order valence-corrected chi connectivity index (χ1v) is 5.12. The van der Waals surface area contributed by atoms with Crippen molar-refractivity contribution in [3.05, 3.63) is 52.2 Å². The van der Waals surface area contributed by atoms with E-state index in [4.69, 9.17) is 0 Å². The Kier molecular flexibility index (Phi) is 3.35. The van der Waals surface area contributed by atoms with Gasteiger partial charge in [-0.2, -0.15) is 17.6 Å². The lowest BCUT2D eigenvalue weighted by atomic mass is 10.1. The Labute approximate surface area is 109 Å². The van der Waals surface area contributed by atoms with Crippen LogP contribution in [0.1, 0.15) is 5.56 Å². The lowest BCUT2D eigenvalue weighted by Gasteiger charge is -2.08. The van der Waals surface area contributed by atoms with E-state index in [2.05, 4.69) is 9.97 Å². The van der Waals surface area contributed by atoms with Gasteiger partial charge in [-0.15, -0.1) is 0 Å². The van der Waals surface area contributed by atoms with Crippen LogP contribution in [0, 0.1) is 16.1 Å². The maximum Gasteiger partial charge on any atom is 0.420 e. The monoisotopic (exact) mass is 287 g/mol. The van der Waals surface area contributed by atoms with Crippen molar-refractivity contribution in [1.82, 2.24) is 9.97 Å². The van der Waals surface area contributed by atoms with E-state index in [1.54, 1.807) is 0 Å². The molecule has 0 N–H and O–H groups in total. The minimum Gasteiger partial charge on any atom is -0.358 e. The molecule has 0 aromatic carbocycles. The zero-order valence-corrected chi connectivity index (χ0v) is 9.56. The molecule has 5 nitrogen and oxygen atoms in total. The molecule has 0 fully saturated rings. The largest absolute Gasteiger partial charge is 0.420 e. The number of nitrogens with zero attached hydrogens (tertiary/aromatic N) is 3. The molecule has 0 radical (unpaired) electrons. The number of alkyl halides is 3. The minimum atomic E-state index is -4.87. The van der Waals surface area contributed by atoms with Gasteiger partial charge in [-0.05, 0) is 22.0 Å². The van der Waals surface area contributed by atoms with Gasteiger partial charge in [0, 0.05) is 23.4 Å². The number of aromatic nitrogens is 2. The molecule has 2 heterocycles. The number of hydrogen-bond donors (Lipinski definition) is 0. The molecule has 0 spiro atoms. The van der Waals surface area contributed by atoms with Crippen LogP contribution in [-0.2, 0) is 6.18 Å². The normalized spacial score (nSPS) is 11.4. The third-order valence-electron chi connectivity index (χ3n) is 2.41. The Bertz CT molecular complexity index is 656. The van der Waals surface area contributed by atoms with E-state index < -0.39 is 28.4 Å². The van der Waals surface area contributed by atoms with Crippen LogP contribution in [0.5, 0.6) is 0 Å². The zero-order chi connectivity index (χ0) is 14.9. The Morgan fingerprint density at radius 1 is 1.10 bits per heavy atom. The van der Waals surface area contributed by atoms with Crippen molar-refractivity contribution in [2.24, 2.45) is 0 Å². The van der Waals surface area contributed by atoms with E-state index in [0.29, 0.717) is 6.07 Å². The molecule has 2 aromatic rings. The van der Waals surface area contributed by atoms with E-state index in [1.165, 1.54) is 6.07 Å². The highest BCUT2D eigenvalue weighted by Gasteiger charge is 2.35. The average Bonchev–Trinajstić information content (AvgIpc) is 2.38. The van der Waals surface area contributed by atoms with E-state index in [1.807, 2.05) is 0 Å². The van der Waals surface area contributed by atoms with Gasteiger partial charge in [-0.25, -0.2) is 4.98 Å². The summed E-state index contributed by atoms with van der Waals surface area (Å²) >= 11 is 0. The summed E-state index contributed by atoms with van der Waals surface area (Å²) in [7, 11) is 0. The van der Waals surface area contributed by atoms with E-state index in [-0.39, 0.29) is 11.1 Å². The van der Waals surface area contributed by atoms with Gasteiger partial charge >= 0.3 is 12.0 Å². The number of hydrogen-bond acceptors (Lipinski definition) is 4. The Morgan fingerprint density at radius 2 is 1.75 bits per heavy atom. The van der Waals surface area contributed by atoms with Gasteiger partial charge in [0.05, 0.1) is 0 Å². The fraction of sp³-hybridized carbons (Fsp3) is 0.0909. The van der Waals surface area contributed by atoms with E-state index >= 15 is 0 Å². The molecule has 0 amide bonds. The maximum atomic E-state index is 13.0. The van der Waals surface area contributed by atoms with E-state index in [9.17, 15) is 27.7 Å². The van der Waals surface area contributed by atoms with Crippen molar-refractivity contribution in [3.8, 4) is 11.1 Å². The standard InChI is InChI=1S/C11H5F4N3O2/c12-10-8(11(13,14)15)3-7(5-17-10)6-1-2-9(16-4-6)18(19)20/h1-5H. The Hall–Kier alpha value is -2.58. The first kappa shape index (κ1) is 13.8. The van der Waals surface area contributed by atoms with Gasteiger partial charge < -0.3 is 10.1 Å². The number of halogens is 4. The molecule has 0 saturated heterocycles. The highest BCUT2D eigenvalue weighted by Crippen LogP contribution is 2.33. The van der Waals surface area contributed by atoms with Crippen LogP contribution in [0.2, 0.25) is 0 Å². The molecule has 20 heavy (non-hydrogen) atoms. The first-order valence-electron chi connectivity index (χ1n) is 5.12. The summed E-state index contributed by atoms with van der Waals surface area (Å²) in [5, 5.41) is 10.4. The molecule has 2 rings (SSSR count). The summed E-state index contributed by atoms with van der Waals surface area (Å²) < 4.78 is 50.6.